The molecule has 10 heteroatoms. The number of aryl methyl sites for hydroxylation is 1. The first-order valence-electron chi connectivity index (χ1n) is 10.3. The van der Waals surface area contributed by atoms with E-state index in [1.54, 1.807) is 61.8 Å². The molecule has 0 bridgehead atoms. The maximum Gasteiger partial charge on any atom is 0.281 e. The molecule has 170 valence electrons. The summed E-state index contributed by atoms with van der Waals surface area (Å²) in [7, 11) is 3.33. The lowest BCUT2D eigenvalue weighted by Crippen LogP contribution is -2.21. The van der Waals surface area contributed by atoms with Gasteiger partial charge in [-0.15, -0.1) is 5.10 Å². The molecule has 0 aliphatic rings. The van der Waals surface area contributed by atoms with Crippen LogP contribution in [0.4, 0.5) is 17.1 Å². The number of imidazole rings is 1. The molecule has 33 heavy (non-hydrogen) atoms. The fourth-order valence-electron chi connectivity index (χ4n) is 3.58. The zero-order valence-corrected chi connectivity index (χ0v) is 18.9. The minimum absolute atomic E-state index is 0.0255. The van der Waals surface area contributed by atoms with E-state index in [9.17, 15) is 9.59 Å². The second-order valence-electron chi connectivity index (χ2n) is 7.76. The van der Waals surface area contributed by atoms with Crippen LogP contribution in [0.3, 0.4) is 0 Å². The molecule has 0 unspecified atom stereocenters. The Balaban J connectivity index is 1.92. The van der Waals surface area contributed by atoms with Gasteiger partial charge in [0.1, 0.15) is 16.7 Å². The van der Waals surface area contributed by atoms with Gasteiger partial charge in [0.05, 0.1) is 31.0 Å². The van der Waals surface area contributed by atoms with Gasteiger partial charge in [-0.3, -0.25) is 18.8 Å². The lowest BCUT2D eigenvalue weighted by atomic mass is 10.2. The van der Waals surface area contributed by atoms with Gasteiger partial charge in [0.2, 0.25) is 5.91 Å². The Morgan fingerprint density at radius 2 is 2.03 bits per heavy atom. The molecule has 1 aromatic carbocycles. The first-order chi connectivity index (χ1) is 15.8. The van der Waals surface area contributed by atoms with Gasteiger partial charge in [-0.2, -0.15) is 0 Å². The molecular weight excluding hydrogens is 422 g/mol. The maximum absolute atomic E-state index is 13.6. The minimum atomic E-state index is -0.334. The topological polar surface area (TPSA) is 108 Å². The number of hydrogen-bond acceptors (Lipinski definition) is 6. The van der Waals surface area contributed by atoms with E-state index in [-0.39, 0.29) is 17.5 Å². The van der Waals surface area contributed by atoms with Crippen molar-refractivity contribution in [2.24, 2.45) is 7.05 Å². The molecule has 4 rings (SSSR count). The Hall–Kier alpha value is -4.34. The van der Waals surface area contributed by atoms with E-state index in [2.05, 4.69) is 27.3 Å². The highest BCUT2D eigenvalue weighted by Gasteiger charge is 2.19. The van der Waals surface area contributed by atoms with Crippen molar-refractivity contribution in [2.75, 3.05) is 17.7 Å². The predicted octanol–water partition coefficient (Wildman–Crippen LogP) is 3.38. The molecule has 10 nitrogen and oxygen atoms in total. The Kier molecular flexibility index (Phi) is 5.74. The van der Waals surface area contributed by atoms with Crippen molar-refractivity contribution in [2.45, 2.75) is 19.9 Å². The molecule has 3 aromatic heterocycles. The lowest BCUT2D eigenvalue weighted by molar-refractivity contribution is -0.111. The molecule has 4 aromatic rings. The zero-order chi connectivity index (χ0) is 23.7. The summed E-state index contributed by atoms with van der Waals surface area (Å²) in [6, 6.07) is 7.05. The van der Waals surface area contributed by atoms with Crippen molar-refractivity contribution >= 4 is 34.0 Å². The molecular formula is C23H25N7O3. The van der Waals surface area contributed by atoms with E-state index in [0.29, 0.717) is 39.7 Å². The molecule has 3 heterocycles. The molecule has 0 saturated carbocycles. The smallest absolute Gasteiger partial charge is 0.281 e. The van der Waals surface area contributed by atoms with E-state index in [1.165, 1.54) is 10.6 Å². The molecule has 0 fully saturated rings. The first-order valence-corrected chi connectivity index (χ1v) is 10.3. The van der Waals surface area contributed by atoms with Crippen LogP contribution in [0.25, 0.3) is 16.7 Å². The van der Waals surface area contributed by atoms with Gasteiger partial charge in [0.25, 0.3) is 11.4 Å². The van der Waals surface area contributed by atoms with Crippen molar-refractivity contribution in [1.82, 2.24) is 23.9 Å². The van der Waals surface area contributed by atoms with Gasteiger partial charge in [-0.25, -0.2) is 4.98 Å². The number of carbonyl (C=O) groups is 1. The minimum Gasteiger partial charge on any atom is -0.478 e. The Morgan fingerprint density at radius 1 is 1.24 bits per heavy atom. The van der Waals surface area contributed by atoms with Crippen molar-refractivity contribution < 1.29 is 9.53 Å². The third-order valence-electron chi connectivity index (χ3n) is 5.12. The number of rotatable bonds is 7. The number of benzene rings is 1. The van der Waals surface area contributed by atoms with Crippen molar-refractivity contribution in [3.8, 4) is 11.6 Å². The van der Waals surface area contributed by atoms with Crippen LogP contribution in [-0.4, -0.2) is 36.9 Å². The number of nitrogens with one attached hydrogen (secondary N) is 2. The third kappa shape index (κ3) is 4.10. The van der Waals surface area contributed by atoms with E-state index in [0.717, 1.165) is 0 Å². The standard InChI is InChI=1S/C23H25N7O3/c1-6-19(31)25-15-8-7-9-16(10-15)29-12-17(26-18-11-28(4)27-22(18)33-5)20-21(23(29)32)30(13-24-20)14(2)3/h6-14,26H,1H2,2-5H3,(H,25,31). The number of ether oxygens (including phenoxy) is 1. The van der Waals surface area contributed by atoms with Crippen LogP contribution < -0.4 is 20.9 Å². The van der Waals surface area contributed by atoms with E-state index in [4.69, 9.17) is 4.74 Å². The van der Waals surface area contributed by atoms with Crippen molar-refractivity contribution in [3.63, 3.8) is 0 Å². The number of carbonyl (C=O) groups excluding carboxylic acids is 1. The normalized spacial score (nSPS) is 11.1. The number of pyridine rings is 1. The maximum atomic E-state index is 13.6. The van der Waals surface area contributed by atoms with E-state index in [1.807, 2.05) is 18.4 Å². The number of aromatic nitrogens is 5. The molecule has 0 aliphatic carbocycles. The second kappa shape index (κ2) is 8.65. The lowest BCUT2D eigenvalue weighted by Gasteiger charge is -2.14. The van der Waals surface area contributed by atoms with Gasteiger partial charge in [-0.05, 0) is 38.1 Å². The second-order valence-corrected chi connectivity index (χ2v) is 7.76. The van der Waals surface area contributed by atoms with Crippen molar-refractivity contribution in [1.29, 1.82) is 0 Å². The molecule has 2 N–H and O–H groups in total. The summed E-state index contributed by atoms with van der Waals surface area (Å²) < 4.78 is 10.4. The molecule has 0 atom stereocenters. The highest BCUT2D eigenvalue weighted by atomic mass is 16.5. The highest BCUT2D eigenvalue weighted by molar-refractivity contribution is 5.99. The highest BCUT2D eigenvalue weighted by Crippen LogP contribution is 2.30. The van der Waals surface area contributed by atoms with Gasteiger partial charge < -0.3 is 19.9 Å². The third-order valence-corrected chi connectivity index (χ3v) is 5.12. The summed E-state index contributed by atoms with van der Waals surface area (Å²) in [5, 5.41) is 10.3. The Bertz CT molecular complexity index is 1410. The fraction of sp³-hybridized carbons (Fsp3) is 0.217. The number of anilines is 3. The summed E-state index contributed by atoms with van der Waals surface area (Å²) in [5.74, 6) is 0.0830. The summed E-state index contributed by atoms with van der Waals surface area (Å²) in [4.78, 5) is 29.8. The van der Waals surface area contributed by atoms with Crippen LogP contribution in [-0.2, 0) is 11.8 Å². The largest absolute Gasteiger partial charge is 0.478 e. The molecule has 0 radical (unpaired) electrons. The quantitative estimate of drug-likeness (QED) is 0.421. The van der Waals surface area contributed by atoms with Gasteiger partial charge in [0.15, 0.2) is 0 Å². The van der Waals surface area contributed by atoms with E-state index >= 15 is 0 Å². The molecule has 0 aliphatic heterocycles. The number of amides is 1. The fourth-order valence-corrected chi connectivity index (χ4v) is 3.58. The first kappa shape index (κ1) is 21.9. The zero-order valence-electron chi connectivity index (χ0n) is 18.9. The Morgan fingerprint density at radius 3 is 2.73 bits per heavy atom. The Labute approximate surface area is 190 Å². The van der Waals surface area contributed by atoms with Crippen LogP contribution in [0.2, 0.25) is 0 Å². The summed E-state index contributed by atoms with van der Waals surface area (Å²) in [6.45, 7) is 7.44. The molecule has 1 amide bonds. The van der Waals surface area contributed by atoms with Crippen LogP contribution in [0.15, 0.2) is 60.4 Å². The molecule has 0 spiro atoms. The van der Waals surface area contributed by atoms with Gasteiger partial charge in [0, 0.05) is 25.0 Å². The van der Waals surface area contributed by atoms with Crippen LogP contribution in [0, 0.1) is 0 Å². The van der Waals surface area contributed by atoms with Crippen LogP contribution >= 0.6 is 0 Å². The van der Waals surface area contributed by atoms with Gasteiger partial charge >= 0.3 is 0 Å². The average Bonchev–Trinajstić information content (AvgIpc) is 3.39. The monoisotopic (exact) mass is 447 g/mol. The number of fused-ring (bicyclic) bond motifs is 1. The number of hydrogen-bond donors (Lipinski definition) is 2. The predicted molar refractivity (Wildman–Crippen MR) is 128 cm³/mol. The summed E-state index contributed by atoms with van der Waals surface area (Å²) in [6.07, 6.45) is 6.32. The molecule has 0 saturated heterocycles. The SMILES string of the molecule is C=CC(=O)Nc1cccc(-n2cc(Nc3cn(C)nc3OC)c3ncn(C(C)C)c3c2=O)c1. The van der Waals surface area contributed by atoms with E-state index < -0.39 is 0 Å². The summed E-state index contributed by atoms with van der Waals surface area (Å²) in [5.41, 5.74) is 3.14. The number of methoxy groups -OCH3 is 1. The van der Waals surface area contributed by atoms with Crippen molar-refractivity contribution in [3.05, 3.63) is 66.0 Å². The van der Waals surface area contributed by atoms with Crippen LogP contribution in [0.1, 0.15) is 19.9 Å². The number of nitrogens with zero attached hydrogens (tertiary/aromatic N) is 5. The average molecular weight is 447 g/mol. The summed E-state index contributed by atoms with van der Waals surface area (Å²) >= 11 is 0. The van der Waals surface area contributed by atoms with Gasteiger partial charge in [-0.1, -0.05) is 12.6 Å². The van der Waals surface area contributed by atoms with Crippen LogP contribution in [0.5, 0.6) is 5.88 Å².